The number of carboxylic acids is 1. The van der Waals surface area contributed by atoms with E-state index >= 15 is 0 Å². The standard InChI is InChI=1S/C11H13N3O2/c1-14(2)6-9-12-8-5-3-4-7(11(15)16)10(8)13-9/h3-5H,6H2,1-2H3,(H,12,13)(H,15,16). The zero-order chi connectivity index (χ0) is 11.7. The Kier molecular flexibility index (Phi) is 2.62. The van der Waals surface area contributed by atoms with E-state index in [1.165, 1.54) is 0 Å². The van der Waals surface area contributed by atoms with Crippen molar-refractivity contribution in [3.05, 3.63) is 29.6 Å². The summed E-state index contributed by atoms with van der Waals surface area (Å²) in [5, 5.41) is 9.01. The highest BCUT2D eigenvalue weighted by atomic mass is 16.4. The van der Waals surface area contributed by atoms with Gasteiger partial charge in [0.2, 0.25) is 0 Å². The number of carboxylic acid groups (broad SMARTS) is 1. The van der Waals surface area contributed by atoms with Crippen LogP contribution in [0.3, 0.4) is 0 Å². The van der Waals surface area contributed by atoms with Crippen molar-refractivity contribution >= 4 is 17.0 Å². The van der Waals surface area contributed by atoms with Crippen LogP contribution in [-0.2, 0) is 6.54 Å². The largest absolute Gasteiger partial charge is 0.478 e. The number of H-pyrrole nitrogens is 1. The molecule has 5 heteroatoms. The number of benzene rings is 1. The lowest BCUT2D eigenvalue weighted by molar-refractivity contribution is 0.0699. The fraction of sp³-hybridized carbons (Fsp3) is 0.273. The topological polar surface area (TPSA) is 69.2 Å². The van der Waals surface area contributed by atoms with Crippen molar-refractivity contribution in [3.63, 3.8) is 0 Å². The SMILES string of the molecule is CN(C)Cc1nc2c(C(=O)O)cccc2[nH]1. The zero-order valence-electron chi connectivity index (χ0n) is 9.19. The molecule has 84 valence electrons. The van der Waals surface area contributed by atoms with Gasteiger partial charge in [0.15, 0.2) is 0 Å². The number of fused-ring (bicyclic) bond motifs is 1. The van der Waals surface area contributed by atoms with Crippen molar-refractivity contribution in [1.82, 2.24) is 14.9 Å². The number of aromatic amines is 1. The quantitative estimate of drug-likeness (QED) is 0.817. The summed E-state index contributed by atoms with van der Waals surface area (Å²) >= 11 is 0. The Morgan fingerprint density at radius 1 is 1.50 bits per heavy atom. The molecular formula is C11H13N3O2. The third-order valence-electron chi connectivity index (χ3n) is 2.26. The summed E-state index contributed by atoms with van der Waals surface area (Å²) in [4.78, 5) is 20.4. The first-order chi connectivity index (χ1) is 7.58. The number of rotatable bonds is 3. The molecule has 0 radical (unpaired) electrons. The van der Waals surface area contributed by atoms with E-state index in [0.717, 1.165) is 11.3 Å². The Balaban J connectivity index is 2.52. The van der Waals surface area contributed by atoms with Gasteiger partial charge >= 0.3 is 5.97 Å². The minimum absolute atomic E-state index is 0.235. The summed E-state index contributed by atoms with van der Waals surface area (Å²) in [6.45, 7) is 0.660. The Bertz CT molecular complexity index is 531. The van der Waals surface area contributed by atoms with Gasteiger partial charge in [-0.2, -0.15) is 0 Å². The molecule has 0 saturated carbocycles. The second kappa shape index (κ2) is 3.94. The minimum Gasteiger partial charge on any atom is -0.478 e. The van der Waals surface area contributed by atoms with Gasteiger partial charge in [0.1, 0.15) is 11.3 Å². The maximum absolute atomic E-state index is 11.0. The van der Waals surface area contributed by atoms with Crippen molar-refractivity contribution in [1.29, 1.82) is 0 Å². The van der Waals surface area contributed by atoms with E-state index < -0.39 is 5.97 Å². The summed E-state index contributed by atoms with van der Waals surface area (Å²) in [6, 6.07) is 5.10. The summed E-state index contributed by atoms with van der Waals surface area (Å²) in [5.41, 5.74) is 1.52. The molecule has 0 unspecified atom stereocenters. The Morgan fingerprint density at radius 3 is 2.88 bits per heavy atom. The molecule has 2 rings (SSSR count). The average molecular weight is 219 g/mol. The van der Waals surface area contributed by atoms with Crippen LogP contribution >= 0.6 is 0 Å². The molecule has 0 aliphatic rings. The maximum atomic E-state index is 11.0. The Hall–Kier alpha value is -1.88. The lowest BCUT2D eigenvalue weighted by atomic mass is 10.2. The molecule has 0 fully saturated rings. The lowest BCUT2D eigenvalue weighted by Crippen LogP contribution is -2.11. The molecule has 5 nitrogen and oxygen atoms in total. The zero-order valence-corrected chi connectivity index (χ0v) is 9.19. The van der Waals surface area contributed by atoms with Crippen molar-refractivity contribution in [3.8, 4) is 0 Å². The monoisotopic (exact) mass is 219 g/mol. The van der Waals surface area contributed by atoms with Gasteiger partial charge in [0, 0.05) is 0 Å². The predicted octanol–water partition coefficient (Wildman–Crippen LogP) is 1.32. The highest BCUT2D eigenvalue weighted by Crippen LogP contribution is 2.16. The van der Waals surface area contributed by atoms with Crippen LogP contribution in [-0.4, -0.2) is 40.0 Å². The van der Waals surface area contributed by atoms with Gasteiger partial charge in [0.05, 0.1) is 17.6 Å². The smallest absolute Gasteiger partial charge is 0.337 e. The van der Waals surface area contributed by atoms with Crippen molar-refractivity contribution in [2.45, 2.75) is 6.54 Å². The average Bonchev–Trinajstić information content (AvgIpc) is 2.57. The third kappa shape index (κ3) is 1.90. The molecule has 16 heavy (non-hydrogen) atoms. The van der Waals surface area contributed by atoms with Crippen molar-refractivity contribution in [2.75, 3.05) is 14.1 Å². The molecule has 0 spiro atoms. The van der Waals surface area contributed by atoms with Gasteiger partial charge in [-0.15, -0.1) is 0 Å². The summed E-state index contributed by atoms with van der Waals surface area (Å²) in [6.07, 6.45) is 0. The van der Waals surface area contributed by atoms with Crippen LogP contribution in [0.15, 0.2) is 18.2 Å². The number of hydrogen-bond acceptors (Lipinski definition) is 3. The van der Waals surface area contributed by atoms with Gasteiger partial charge < -0.3 is 15.0 Å². The second-order valence-corrected chi connectivity index (χ2v) is 3.93. The van der Waals surface area contributed by atoms with Crippen LogP contribution in [0.2, 0.25) is 0 Å². The fourth-order valence-corrected chi connectivity index (χ4v) is 1.63. The first kappa shape index (κ1) is 10.6. The number of nitrogens with zero attached hydrogens (tertiary/aromatic N) is 2. The van der Waals surface area contributed by atoms with Crippen molar-refractivity contribution < 1.29 is 9.90 Å². The van der Waals surface area contributed by atoms with Crippen LogP contribution in [0, 0.1) is 0 Å². The molecule has 1 aromatic carbocycles. The van der Waals surface area contributed by atoms with Gasteiger partial charge in [0.25, 0.3) is 0 Å². The van der Waals surface area contributed by atoms with E-state index in [-0.39, 0.29) is 5.56 Å². The molecule has 0 amide bonds. The van der Waals surface area contributed by atoms with Gasteiger partial charge in [-0.05, 0) is 26.2 Å². The Morgan fingerprint density at radius 2 is 2.25 bits per heavy atom. The number of aromatic nitrogens is 2. The second-order valence-electron chi connectivity index (χ2n) is 3.93. The highest BCUT2D eigenvalue weighted by molar-refractivity contribution is 6.00. The van der Waals surface area contributed by atoms with Crippen LogP contribution in [0.4, 0.5) is 0 Å². The van der Waals surface area contributed by atoms with Crippen LogP contribution in [0.1, 0.15) is 16.2 Å². The molecule has 0 saturated heterocycles. The van der Waals surface area contributed by atoms with E-state index in [1.54, 1.807) is 12.1 Å². The van der Waals surface area contributed by atoms with E-state index in [4.69, 9.17) is 5.11 Å². The fourth-order valence-electron chi connectivity index (χ4n) is 1.63. The maximum Gasteiger partial charge on any atom is 0.337 e. The normalized spacial score (nSPS) is 11.2. The molecular weight excluding hydrogens is 206 g/mol. The van der Waals surface area contributed by atoms with Crippen LogP contribution in [0.5, 0.6) is 0 Å². The first-order valence-electron chi connectivity index (χ1n) is 4.93. The van der Waals surface area contributed by atoms with Crippen LogP contribution in [0.25, 0.3) is 11.0 Å². The highest BCUT2D eigenvalue weighted by Gasteiger charge is 2.12. The number of hydrogen-bond donors (Lipinski definition) is 2. The lowest BCUT2D eigenvalue weighted by Gasteiger charge is -2.04. The molecule has 2 aromatic rings. The van der Waals surface area contributed by atoms with E-state index in [2.05, 4.69) is 9.97 Å². The molecule has 1 aromatic heterocycles. The molecule has 0 aliphatic heterocycles. The van der Waals surface area contributed by atoms with Crippen LogP contribution < -0.4 is 0 Å². The third-order valence-corrected chi connectivity index (χ3v) is 2.26. The number of carbonyl (C=O) groups is 1. The first-order valence-corrected chi connectivity index (χ1v) is 4.93. The minimum atomic E-state index is -0.950. The Labute approximate surface area is 92.7 Å². The number of para-hydroxylation sites is 1. The molecule has 1 heterocycles. The van der Waals surface area contributed by atoms with Gasteiger partial charge in [-0.3, -0.25) is 0 Å². The van der Waals surface area contributed by atoms with Crippen molar-refractivity contribution in [2.24, 2.45) is 0 Å². The summed E-state index contributed by atoms with van der Waals surface area (Å²) < 4.78 is 0. The van der Waals surface area contributed by atoms with E-state index in [0.29, 0.717) is 12.1 Å². The van der Waals surface area contributed by atoms with E-state index in [9.17, 15) is 4.79 Å². The number of aromatic carboxylic acids is 1. The molecule has 0 aliphatic carbocycles. The van der Waals surface area contributed by atoms with Gasteiger partial charge in [-0.1, -0.05) is 6.07 Å². The van der Waals surface area contributed by atoms with Gasteiger partial charge in [-0.25, -0.2) is 9.78 Å². The predicted molar refractivity (Wildman–Crippen MR) is 60.4 cm³/mol. The summed E-state index contributed by atoms with van der Waals surface area (Å²) in [7, 11) is 3.87. The number of imidazole rings is 1. The summed E-state index contributed by atoms with van der Waals surface area (Å²) in [5.74, 6) is -0.179. The van der Waals surface area contributed by atoms with E-state index in [1.807, 2.05) is 25.1 Å². The molecule has 2 N–H and O–H groups in total. The number of nitrogens with one attached hydrogen (secondary N) is 1. The molecule has 0 atom stereocenters. The molecule has 0 bridgehead atoms.